The summed E-state index contributed by atoms with van der Waals surface area (Å²) in [4.78, 5) is 48.8. The molecule has 0 aromatic carbocycles. The molecular formula is C31H51N3O23. The van der Waals surface area contributed by atoms with Gasteiger partial charge in [-0.3, -0.25) is 9.59 Å². The second-order valence-electron chi connectivity index (χ2n) is 13.5. The Labute approximate surface area is 323 Å². The van der Waals surface area contributed by atoms with Crippen molar-refractivity contribution in [2.24, 2.45) is 5.73 Å². The molecule has 0 bridgehead atoms. The highest BCUT2D eigenvalue weighted by atomic mass is 16.8. The highest BCUT2D eigenvalue weighted by Gasteiger charge is 2.57. The topological polar surface area (TPSA) is 404 Å². The van der Waals surface area contributed by atoms with Crippen LogP contribution in [0.15, 0.2) is 0 Å². The number of carbonyl (C=O) groups excluding carboxylic acids is 2. The summed E-state index contributed by atoms with van der Waals surface area (Å²) >= 11 is 0. The number of hydrogen-bond donors (Lipinski definition) is 13. The third-order valence-corrected chi connectivity index (χ3v) is 9.57. The lowest BCUT2D eigenvalue weighted by atomic mass is 9.94. The summed E-state index contributed by atoms with van der Waals surface area (Å²) in [7, 11) is 1.19. The molecule has 0 aromatic rings. The number of aliphatic carboxylic acids is 2. The first-order valence-corrected chi connectivity index (χ1v) is 17.6. The van der Waals surface area contributed by atoms with Crippen LogP contribution in [-0.4, -0.2) is 231 Å². The molecule has 4 rings (SSSR count). The van der Waals surface area contributed by atoms with Crippen molar-refractivity contribution in [1.82, 2.24) is 10.6 Å². The summed E-state index contributed by atoms with van der Waals surface area (Å²) in [6, 6.07) is -3.21. The predicted molar refractivity (Wildman–Crippen MR) is 176 cm³/mol. The Bertz CT molecular complexity index is 1370. The zero-order valence-corrected chi connectivity index (χ0v) is 30.7. The van der Waals surface area contributed by atoms with E-state index in [-0.39, 0.29) is 13.2 Å². The minimum Gasteiger partial charge on any atom is -0.479 e. The first kappa shape index (κ1) is 46.8. The molecule has 4 heterocycles. The number of aliphatic hydroxyl groups is 8. The monoisotopic (exact) mass is 833 g/mol. The standard InChI is InChI=1S/C31H51N3O23/c1-8(37)33-12-14(39)20(49-3)10(6-35)51-28(12)55-23-17(42)19(44)31(57-25(23)27(47)48)53-21-11(7-36)52-29(13(15(21)40)34-9(2)38)54-22-16(41)18(43)30(50-5-4-32)56-24(22)26(45)46/h10-25,28-31,35-36,39-44H,4-7,32H2,1-3H3,(H,33,37)(H,34,38)(H,45,46)(H,47,48)/t10?,11?,12?,13?,14?,15?,16?,17?,18?,19?,20-,21-,22+,23+,24?,25?,28-,29-,30-,31-/m1/s1. The lowest BCUT2D eigenvalue weighted by Gasteiger charge is -2.49. The van der Waals surface area contributed by atoms with Crippen molar-refractivity contribution in [3.8, 4) is 0 Å². The van der Waals surface area contributed by atoms with Crippen LogP contribution in [0.3, 0.4) is 0 Å². The van der Waals surface area contributed by atoms with Crippen LogP contribution >= 0.6 is 0 Å². The molecule has 0 saturated carbocycles. The molecule has 57 heavy (non-hydrogen) atoms. The number of amides is 2. The summed E-state index contributed by atoms with van der Waals surface area (Å²) < 4.78 is 49.5. The van der Waals surface area contributed by atoms with Crippen LogP contribution < -0.4 is 16.4 Å². The number of carboxylic acid groups (broad SMARTS) is 2. The van der Waals surface area contributed by atoms with Gasteiger partial charge in [0.05, 0.1) is 19.8 Å². The van der Waals surface area contributed by atoms with E-state index in [4.69, 9.17) is 48.4 Å². The maximum atomic E-state index is 12.5. The van der Waals surface area contributed by atoms with Gasteiger partial charge in [0.2, 0.25) is 11.8 Å². The van der Waals surface area contributed by atoms with Gasteiger partial charge in [0.15, 0.2) is 37.4 Å². The normalized spacial score (nSPS) is 43.9. The molecule has 0 radical (unpaired) electrons. The molecule has 2 amide bonds. The van der Waals surface area contributed by atoms with Gasteiger partial charge < -0.3 is 110 Å². The maximum absolute atomic E-state index is 12.5. The summed E-state index contributed by atoms with van der Waals surface area (Å²) in [5, 5.41) is 111. The van der Waals surface area contributed by atoms with Crippen molar-refractivity contribution in [3.05, 3.63) is 0 Å². The van der Waals surface area contributed by atoms with Crippen molar-refractivity contribution in [2.45, 2.75) is 137 Å². The van der Waals surface area contributed by atoms with Gasteiger partial charge in [0, 0.05) is 27.5 Å². The van der Waals surface area contributed by atoms with E-state index in [1.54, 1.807) is 0 Å². The summed E-state index contributed by atoms with van der Waals surface area (Å²) in [6.07, 6.45) is -33.8. The van der Waals surface area contributed by atoms with E-state index in [9.17, 15) is 70.2 Å². The molecule has 4 aliphatic rings. The van der Waals surface area contributed by atoms with Crippen LogP contribution in [0.2, 0.25) is 0 Å². The highest BCUT2D eigenvalue weighted by molar-refractivity contribution is 5.74. The molecule has 4 fully saturated rings. The summed E-state index contributed by atoms with van der Waals surface area (Å²) in [6.45, 7) is 0.0845. The van der Waals surface area contributed by atoms with E-state index in [2.05, 4.69) is 10.6 Å². The molecule has 14 N–H and O–H groups in total. The Morgan fingerprint density at radius 3 is 1.39 bits per heavy atom. The number of methoxy groups -OCH3 is 1. The minimum atomic E-state index is -2.22. The van der Waals surface area contributed by atoms with Crippen LogP contribution in [0, 0.1) is 0 Å². The van der Waals surface area contributed by atoms with Gasteiger partial charge in [-0.05, 0) is 0 Å². The van der Waals surface area contributed by atoms with E-state index in [1.165, 1.54) is 7.11 Å². The van der Waals surface area contributed by atoms with Crippen LogP contribution in [0.4, 0.5) is 0 Å². The number of carboxylic acids is 2. The van der Waals surface area contributed by atoms with E-state index in [0.29, 0.717) is 0 Å². The number of nitrogens with two attached hydrogens (primary N) is 1. The fraction of sp³-hybridized carbons (Fsp3) is 0.871. The van der Waals surface area contributed by atoms with Gasteiger partial charge in [0.1, 0.15) is 85.3 Å². The zero-order valence-electron chi connectivity index (χ0n) is 30.7. The van der Waals surface area contributed by atoms with E-state index in [1.807, 2.05) is 0 Å². The van der Waals surface area contributed by atoms with Crippen molar-refractivity contribution in [3.63, 3.8) is 0 Å². The third-order valence-electron chi connectivity index (χ3n) is 9.57. The molecular weight excluding hydrogens is 782 g/mol. The number of aliphatic hydroxyl groups excluding tert-OH is 8. The Morgan fingerprint density at radius 1 is 0.579 bits per heavy atom. The second-order valence-corrected chi connectivity index (χ2v) is 13.5. The smallest absolute Gasteiger partial charge is 0.335 e. The lowest BCUT2D eigenvalue weighted by Crippen LogP contribution is -2.70. The zero-order chi connectivity index (χ0) is 42.5. The van der Waals surface area contributed by atoms with Crippen molar-refractivity contribution in [1.29, 1.82) is 0 Å². The Morgan fingerprint density at radius 2 is 0.982 bits per heavy atom. The molecule has 0 aromatic heterocycles. The Hall–Kier alpha value is -2.84. The van der Waals surface area contributed by atoms with Crippen molar-refractivity contribution >= 4 is 23.8 Å². The fourth-order valence-corrected chi connectivity index (χ4v) is 6.88. The van der Waals surface area contributed by atoms with Gasteiger partial charge in [-0.2, -0.15) is 0 Å². The first-order valence-electron chi connectivity index (χ1n) is 17.6. The number of ether oxygens (including phenoxy) is 9. The maximum Gasteiger partial charge on any atom is 0.335 e. The minimum absolute atomic E-state index is 0.0478. The SMILES string of the molecule is CO[C@@H]1C(CO)O[C@H](O[C@@H]2C(C(=O)O)O[C@@H](O[C@@H]3C(CO)O[C@H](O[C@@H]4C(C(=O)O)O[C@@H](OCCN)C(O)C4O)C(NC(C)=O)C3O)C(O)C2O)C(NC(C)=O)C1O. The van der Waals surface area contributed by atoms with Gasteiger partial charge >= 0.3 is 11.9 Å². The fourth-order valence-electron chi connectivity index (χ4n) is 6.88. The van der Waals surface area contributed by atoms with Gasteiger partial charge in [-0.15, -0.1) is 0 Å². The van der Waals surface area contributed by atoms with Crippen molar-refractivity contribution in [2.75, 3.05) is 33.5 Å². The number of nitrogens with one attached hydrogen (secondary N) is 2. The van der Waals surface area contributed by atoms with E-state index >= 15 is 0 Å². The Kier molecular flexibility index (Phi) is 16.8. The van der Waals surface area contributed by atoms with Gasteiger partial charge in [-0.25, -0.2) is 9.59 Å². The number of rotatable bonds is 16. The van der Waals surface area contributed by atoms with Gasteiger partial charge in [0.25, 0.3) is 0 Å². The molecule has 12 unspecified atom stereocenters. The lowest BCUT2D eigenvalue weighted by molar-refractivity contribution is -0.371. The van der Waals surface area contributed by atoms with Gasteiger partial charge in [-0.1, -0.05) is 0 Å². The third kappa shape index (κ3) is 10.5. The van der Waals surface area contributed by atoms with Crippen molar-refractivity contribution < 1.29 is 113 Å². The Balaban J connectivity index is 1.56. The molecule has 4 saturated heterocycles. The molecule has 4 aliphatic heterocycles. The quantitative estimate of drug-likeness (QED) is 0.0686. The average molecular weight is 834 g/mol. The summed E-state index contributed by atoms with van der Waals surface area (Å²) in [5.41, 5.74) is 5.38. The number of carbonyl (C=O) groups is 4. The predicted octanol–water partition coefficient (Wildman–Crippen LogP) is -8.64. The molecule has 0 spiro atoms. The van der Waals surface area contributed by atoms with Crippen LogP contribution in [-0.2, 0) is 61.8 Å². The van der Waals surface area contributed by atoms with Crippen LogP contribution in [0.5, 0.6) is 0 Å². The van der Waals surface area contributed by atoms with E-state index < -0.39 is 160 Å². The molecule has 328 valence electrons. The summed E-state index contributed by atoms with van der Waals surface area (Å²) in [5.74, 6) is -5.02. The second kappa shape index (κ2) is 20.4. The largest absolute Gasteiger partial charge is 0.479 e. The molecule has 0 aliphatic carbocycles. The van der Waals surface area contributed by atoms with Crippen LogP contribution in [0.25, 0.3) is 0 Å². The molecule has 26 nitrogen and oxygen atoms in total. The number of hydrogen-bond acceptors (Lipinski definition) is 22. The first-order chi connectivity index (χ1) is 26.9. The van der Waals surface area contributed by atoms with E-state index in [0.717, 1.165) is 13.8 Å². The highest BCUT2D eigenvalue weighted by Crippen LogP contribution is 2.35. The molecule has 26 heteroatoms. The average Bonchev–Trinajstić information content (AvgIpc) is 3.15. The van der Waals surface area contributed by atoms with Crippen LogP contribution in [0.1, 0.15) is 13.8 Å². The molecule has 20 atom stereocenters.